The molecule has 10 heteroatoms. The van der Waals surface area contributed by atoms with Crippen molar-refractivity contribution in [3.05, 3.63) is 93.0 Å². The molecule has 0 saturated carbocycles. The van der Waals surface area contributed by atoms with Gasteiger partial charge in [0.1, 0.15) is 17.2 Å². The van der Waals surface area contributed by atoms with E-state index in [9.17, 15) is 9.59 Å². The molecule has 4 heterocycles. The van der Waals surface area contributed by atoms with Crippen molar-refractivity contribution in [1.29, 1.82) is 0 Å². The number of hydrogen-bond acceptors (Lipinski definition) is 4. The molecule has 3 aliphatic heterocycles. The summed E-state index contributed by atoms with van der Waals surface area (Å²) in [4.78, 5) is 34.3. The molecule has 0 unspecified atom stereocenters. The molecule has 1 aromatic heterocycles. The number of carbonyl (C=O) groups excluding carboxylic acids is 2. The summed E-state index contributed by atoms with van der Waals surface area (Å²) in [6, 6.07) is 15.9. The maximum absolute atomic E-state index is 16.2. The molecule has 2 N–H and O–H groups in total. The van der Waals surface area contributed by atoms with Gasteiger partial charge in [0.05, 0.1) is 16.1 Å². The van der Waals surface area contributed by atoms with E-state index in [0.29, 0.717) is 40.4 Å². The topological polar surface area (TPSA) is 79.3 Å². The first-order valence-electron chi connectivity index (χ1n) is 14.2. The number of rotatable bonds is 4. The minimum absolute atomic E-state index is 0.00998. The van der Waals surface area contributed by atoms with Gasteiger partial charge in [-0.05, 0) is 54.3 Å². The highest BCUT2D eigenvalue weighted by molar-refractivity contribution is 6.31. The van der Waals surface area contributed by atoms with Crippen LogP contribution >= 0.6 is 23.2 Å². The standard InChI is InChI=1S/C32H30Cl2FN5O2/c1-16(2)15-40-25-11-12-39-24-10-7-17(30(41)36-3)13-23(24)37-29(39)26(25)27(19-5-4-6-21(34)28(19)35)32(40)20-9-8-18(33)14-22(20)38-31(32)42/h4-10,13-14,16,25-27H,11-12,15H2,1-3H3,(H,36,41)(H,38,42)/t25-,26+,27-,32+/m0/s1. The van der Waals surface area contributed by atoms with Gasteiger partial charge < -0.3 is 15.2 Å². The van der Waals surface area contributed by atoms with Crippen LogP contribution in [0, 0.1) is 11.7 Å². The number of likely N-dealkylation sites (tertiary alicyclic amines) is 1. The van der Waals surface area contributed by atoms with Gasteiger partial charge in [-0.25, -0.2) is 9.37 Å². The predicted octanol–water partition coefficient (Wildman–Crippen LogP) is 6.30. The average Bonchev–Trinajstić information content (AvgIpc) is 3.57. The van der Waals surface area contributed by atoms with Crippen molar-refractivity contribution in [2.75, 3.05) is 18.9 Å². The lowest BCUT2D eigenvalue weighted by atomic mass is 9.70. The SMILES string of the molecule is CNC(=O)c1ccc2c(c1)nc1n2CC[C@H]2[C@@H]1[C@H](c1cccc(Cl)c1F)[C@]1(C(=O)Nc3cc(Cl)ccc31)N2CC(C)C. The Bertz CT molecular complexity index is 1790. The fraction of sp³-hybridized carbons (Fsp3) is 0.344. The van der Waals surface area contributed by atoms with Gasteiger partial charge >= 0.3 is 0 Å². The second kappa shape index (κ2) is 9.79. The quantitative estimate of drug-likeness (QED) is 0.286. The first-order valence-corrected chi connectivity index (χ1v) is 15.0. The number of halogens is 3. The van der Waals surface area contributed by atoms with Crippen LogP contribution in [-0.2, 0) is 16.9 Å². The molecule has 0 aliphatic carbocycles. The zero-order valence-electron chi connectivity index (χ0n) is 23.4. The summed E-state index contributed by atoms with van der Waals surface area (Å²) >= 11 is 12.8. The van der Waals surface area contributed by atoms with E-state index in [-0.39, 0.29) is 34.7 Å². The van der Waals surface area contributed by atoms with E-state index in [0.717, 1.165) is 23.3 Å². The van der Waals surface area contributed by atoms with Crippen molar-refractivity contribution in [1.82, 2.24) is 19.8 Å². The van der Waals surface area contributed by atoms with Crippen LogP contribution in [0.4, 0.5) is 10.1 Å². The summed E-state index contributed by atoms with van der Waals surface area (Å²) < 4.78 is 18.4. The van der Waals surface area contributed by atoms with Crippen LogP contribution in [0.2, 0.25) is 10.0 Å². The Labute approximate surface area is 253 Å². The number of nitrogens with one attached hydrogen (secondary N) is 2. The number of nitrogens with zero attached hydrogens (tertiary/aromatic N) is 3. The molecule has 3 aliphatic rings. The summed E-state index contributed by atoms with van der Waals surface area (Å²) in [5.74, 6) is -0.903. The van der Waals surface area contributed by atoms with E-state index in [1.165, 1.54) is 6.07 Å². The van der Waals surface area contributed by atoms with E-state index < -0.39 is 17.3 Å². The third kappa shape index (κ3) is 3.71. The molecule has 0 radical (unpaired) electrons. The number of anilines is 1. The summed E-state index contributed by atoms with van der Waals surface area (Å²) in [6.07, 6.45) is 0.740. The van der Waals surface area contributed by atoms with Gasteiger partial charge in [0.2, 0.25) is 5.91 Å². The first kappa shape index (κ1) is 27.4. The van der Waals surface area contributed by atoms with Crippen molar-refractivity contribution in [3.8, 4) is 0 Å². The fourth-order valence-electron chi connectivity index (χ4n) is 7.70. The van der Waals surface area contributed by atoms with Crippen LogP contribution in [0.5, 0.6) is 0 Å². The van der Waals surface area contributed by atoms with Gasteiger partial charge in [-0.3, -0.25) is 14.5 Å². The Morgan fingerprint density at radius 1 is 1.19 bits per heavy atom. The van der Waals surface area contributed by atoms with Crippen molar-refractivity contribution in [2.45, 2.75) is 50.2 Å². The molecular formula is C32H30Cl2FN5O2. The Hall–Kier alpha value is -3.46. The summed E-state index contributed by atoms with van der Waals surface area (Å²) in [6.45, 7) is 5.56. The van der Waals surface area contributed by atoms with Gasteiger partial charge in [-0.1, -0.05) is 55.2 Å². The van der Waals surface area contributed by atoms with Crippen molar-refractivity contribution >= 4 is 51.7 Å². The number of carbonyl (C=O) groups is 2. The molecule has 1 fully saturated rings. The molecule has 7 rings (SSSR count). The molecule has 0 bridgehead atoms. The summed E-state index contributed by atoms with van der Waals surface area (Å²) in [7, 11) is 1.60. The van der Waals surface area contributed by atoms with Crippen LogP contribution in [0.15, 0.2) is 54.6 Å². The number of benzene rings is 3. The normalized spacial score (nSPS) is 24.6. The molecule has 3 aromatic carbocycles. The minimum atomic E-state index is -1.22. The Kier molecular flexibility index (Phi) is 6.38. The van der Waals surface area contributed by atoms with Gasteiger partial charge in [-0.15, -0.1) is 0 Å². The van der Waals surface area contributed by atoms with Gasteiger partial charge in [0.25, 0.3) is 5.91 Å². The van der Waals surface area contributed by atoms with Gasteiger partial charge in [0, 0.05) is 59.9 Å². The average molecular weight is 607 g/mol. The maximum Gasteiger partial charge on any atom is 0.251 e. The van der Waals surface area contributed by atoms with E-state index in [1.807, 2.05) is 12.1 Å². The van der Waals surface area contributed by atoms with Gasteiger partial charge in [0.15, 0.2) is 0 Å². The smallest absolute Gasteiger partial charge is 0.251 e. The highest BCUT2D eigenvalue weighted by atomic mass is 35.5. The third-order valence-electron chi connectivity index (χ3n) is 9.16. The third-order valence-corrected chi connectivity index (χ3v) is 9.68. The van der Waals surface area contributed by atoms with E-state index >= 15 is 4.39 Å². The number of aromatic nitrogens is 2. The number of amides is 2. The van der Waals surface area contributed by atoms with E-state index in [1.54, 1.807) is 43.4 Å². The van der Waals surface area contributed by atoms with Crippen molar-refractivity contribution in [2.24, 2.45) is 5.92 Å². The monoisotopic (exact) mass is 605 g/mol. The zero-order chi connectivity index (χ0) is 29.5. The molecule has 1 spiro atoms. The van der Waals surface area contributed by atoms with Crippen LogP contribution in [0.3, 0.4) is 0 Å². The Balaban J connectivity index is 1.54. The predicted molar refractivity (Wildman–Crippen MR) is 162 cm³/mol. The summed E-state index contributed by atoms with van der Waals surface area (Å²) in [5, 5.41) is 6.29. The minimum Gasteiger partial charge on any atom is -0.355 e. The highest BCUT2D eigenvalue weighted by Gasteiger charge is 2.68. The maximum atomic E-state index is 16.2. The Morgan fingerprint density at radius 3 is 2.76 bits per heavy atom. The molecule has 1 saturated heterocycles. The lowest BCUT2D eigenvalue weighted by molar-refractivity contribution is -0.128. The number of imidazole rings is 1. The molecular weight excluding hydrogens is 576 g/mol. The number of hydrogen-bond donors (Lipinski definition) is 2. The second-order valence-corrected chi connectivity index (χ2v) is 12.7. The lowest BCUT2D eigenvalue weighted by Gasteiger charge is -2.40. The van der Waals surface area contributed by atoms with Crippen LogP contribution in [0.25, 0.3) is 11.0 Å². The molecule has 2 amide bonds. The molecule has 42 heavy (non-hydrogen) atoms. The van der Waals surface area contributed by atoms with Crippen LogP contribution in [0.1, 0.15) is 59.4 Å². The van der Waals surface area contributed by atoms with E-state index in [2.05, 4.69) is 33.9 Å². The molecule has 4 aromatic rings. The van der Waals surface area contributed by atoms with Crippen LogP contribution < -0.4 is 10.6 Å². The zero-order valence-corrected chi connectivity index (χ0v) is 24.9. The largest absolute Gasteiger partial charge is 0.355 e. The molecule has 4 atom stereocenters. The summed E-state index contributed by atoms with van der Waals surface area (Å²) in [5.41, 5.74) is 2.69. The van der Waals surface area contributed by atoms with Crippen molar-refractivity contribution < 1.29 is 14.0 Å². The molecule has 7 nitrogen and oxygen atoms in total. The fourth-order valence-corrected chi connectivity index (χ4v) is 8.05. The highest BCUT2D eigenvalue weighted by Crippen LogP contribution is 2.64. The van der Waals surface area contributed by atoms with Gasteiger partial charge in [-0.2, -0.15) is 0 Å². The van der Waals surface area contributed by atoms with E-state index in [4.69, 9.17) is 28.2 Å². The van der Waals surface area contributed by atoms with Crippen molar-refractivity contribution in [3.63, 3.8) is 0 Å². The molecule has 216 valence electrons. The number of fused-ring (bicyclic) bond motifs is 7. The number of aryl methyl sites for hydroxylation is 1. The Morgan fingerprint density at radius 2 is 2.00 bits per heavy atom. The second-order valence-electron chi connectivity index (χ2n) is 11.9. The first-order chi connectivity index (χ1) is 20.2. The van der Waals surface area contributed by atoms with Crippen LogP contribution in [-0.4, -0.2) is 45.9 Å². The lowest BCUT2D eigenvalue weighted by Crippen LogP contribution is -2.53.